The Labute approximate surface area is 92.5 Å². The third-order valence-corrected chi connectivity index (χ3v) is 2.36. The molecule has 1 aromatic heterocycles. The summed E-state index contributed by atoms with van der Waals surface area (Å²) in [5.41, 5.74) is 1.31. The van der Waals surface area contributed by atoms with E-state index in [1.165, 1.54) is 0 Å². The zero-order valence-corrected chi connectivity index (χ0v) is 9.90. The zero-order valence-electron chi connectivity index (χ0n) is 9.08. The van der Waals surface area contributed by atoms with Gasteiger partial charge in [0.1, 0.15) is 0 Å². The summed E-state index contributed by atoms with van der Waals surface area (Å²) in [6, 6.07) is 6.00. The summed E-state index contributed by atoms with van der Waals surface area (Å²) in [6.07, 6.45) is 2.95. The van der Waals surface area contributed by atoms with Crippen LogP contribution in [0.1, 0.15) is 32.9 Å². The Hall–Kier alpha value is -0.600. The van der Waals surface area contributed by atoms with Gasteiger partial charge < -0.3 is 5.32 Å². The second kappa shape index (κ2) is 5.99. The lowest BCUT2D eigenvalue weighted by Crippen LogP contribution is -2.37. The van der Waals surface area contributed by atoms with E-state index in [-0.39, 0.29) is 17.9 Å². The summed E-state index contributed by atoms with van der Waals surface area (Å²) >= 11 is 0. The Balaban J connectivity index is 0.00000169. The largest absolute Gasteiger partial charge is 0.306 e. The van der Waals surface area contributed by atoms with Crippen LogP contribution in [0.4, 0.5) is 0 Å². The molecule has 14 heavy (non-hydrogen) atoms. The lowest BCUT2D eigenvalue weighted by Gasteiger charge is -2.24. The van der Waals surface area contributed by atoms with Gasteiger partial charge in [-0.15, -0.1) is 12.4 Å². The molecular formula is C11H19ClN2. The summed E-state index contributed by atoms with van der Waals surface area (Å²) in [5.74, 6) is 0. The van der Waals surface area contributed by atoms with Gasteiger partial charge in [-0.25, -0.2) is 0 Å². The van der Waals surface area contributed by atoms with Crippen LogP contribution in [0.3, 0.4) is 0 Å². The maximum Gasteiger partial charge on any atom is 0.0541 e. The molecule has 80 valence electrons. The van der Waals surface area contributed by atoms with Gasteiger partial charge in [0.25, 0.3) is 0 Å². The van der Waals surface area contributed by atoms with Crippen molar-refractivity contribution in [2.75, 3.05) is 0 Å². The van der Waals surface area contributed by atoms with E-state index < -0.39 is 0 Å². The smallest absolute Gasteiger partial charge is 0.0541 e. The van der Waals surface area contributed by atoms with Crippen molar-refractivity contribution in [2.45, 2.75) is 39.3 Å². The number of rotatable bonds is 4. The predicted octanol–water partition coefficient (Wildman–Crippen LogP) is 2.78. The lowest BCUT2D eigenvalue weighted by molar-refractivity contribution is 0.372. The molecule has 0 spiro atoms. The van der Waals surface area contributed by atoms with Crippen molar-refractivity contribution in [3.05, 3.63) is 30.1 Å². The van der Waals surface area contributed by atoms with Crippen molar-refractivity contribution < 1.29 is 0 Å². The molecule has 3 heteroatoms. The molecule has 0 bridgehead atoms. The van der Waals surface area contributed by atoms with Crippen molar-refractivity contribution in [2.24, 2.45) is 0 Å². The summed E-state index contributed by atoms with van der Waals surface area (Å²) < 4.78 is 0. The minimum absolute atomic E-state index is 0. The van der Waals surface area contributed by atoms with E-state index in [0.29, 0.717) is 0 Å². The highest BCUT2D eigenvalue weighted by Crippen LogP contribution is 2.07. The van der Waals surface area contributed by atoms with Gasteiger partial charge in [-0.3, -0.25) is 4.98 Å². The van der Waals surface area contributed by atoms with E-state index in [1.807, 2.05) is 24.4 Å². The number of hydrogen-bond acceptors (Lipinski definition) is 2. The van der Waals surface area contributed by atoms with E-state index in [9.17, 15) is 0 Å². The van der Waals surface area contributed by atoms with E-state index in [4.69, 9.17) is 0 Å². The fraction of sp³-hybridized carbons (Fsp3) is 0.545. The van der Waals surface area contributed by atoms with Crippen molar-refractivity contribution in [3.63, 3.8) is 0 Å². The standard InChI is InChI=1S/C11H18N2.ClH/c1-4-11(2,3)13-9-10-7-5-6-8-12-10;/h5-8,13H,4,9H2,1-3H3;1H. The molecule has 0 aliphatic heterocycles. The molecule has 2 nitrogen and oxygen atoms in total. The SMILES string of the molecule is CCC(C)(C)NCc1ccccn1.Cl. The molecule has 1 heterocycles. The first-order chi connectivity index (χ1) is 6.14. The summed E-state index contributed by atoms with van der Waals surface area (Å²) in [5, 5.41) is 3.46. The highest BCUT2D eigenvalue weighted by Gasteiger charge is 2.13. The molecule has 0 aromatic carbocycles. The van der Waals surface area contributed by atoms with Gasteiger partial charge in [0.05, 0.1) is 5.69 Å². The molecule has 0 unspecified atom stereocenters. The summed E-state index contributed by atoms with van der Waals surface area (Å²) in [4.78, 5) is 4.25. The third-order valence-electron chi connectivity index (χ3n) is 2.36. The topological polar surface area (TPSA) is 24.9 Å². The molecule has 0 fully saturated rings. The minimum atomic E-state index is 0. The zero-order chi connectivity index (χ0) is 9.73. The molecule has 0 radical (unpaired) electrons. The van der Waals surface area contributed by atoms with Gasteiger partial charge >= 0.3 is 0 Å². The Morgan fingerprint density at radius 2 is 2.07 bits per heavy atom. The molecule has 0 atom stereocenters. The maximum atomic E-state index is 4.25. The van der Waals surface area contributed by atoms with Crippen molar-refractivity contribution in [1.29, 1.82) is 0 Å². The monoisotopic (exact) mass is 214 g/mol. The summed E-state index contributed by atoms with van der Waals surface area (Å²) in [6.45, 7) is 7.44. The van der Waals surface area contributed by atoms with Gasteiger partial charge in [-0.2, -0.15) is 0 Å². The first-order valence-corrected chi connectivity index (χ1v) is 4.79. The first kappa shape index (κ1) is 13.4. The van der Waals surface area contributed by atoms with Gasteiger partial charge in [0.15, 0.2) is 0 Å². The van der Waals surface area contributed by atoms with Gasteiger partial charge in [0.2, 0.25) is 0 Å². The molecule has 1 N–H and O–H groups in total. The van der Waals surface area contributed by atoms with Crippen molar-refractivity contribution in [1.82, 2.24) is 10.3 Å². The van der Waals surface area contributed by atoms with Crippen LogP contribution in [-0.2, 0) is 6.54 Å². The molecular weight excluding hydrogens is 196 g/mol. The fourth-order valence-electron chi connectivity index (χ4n) is 0.958. The number of nitrogens with one attached hydrogen (secondary N) is 1. The van der Waals surface area contributed by atoms with E-state index in [0.717, 1.165) is 18.7 Å². The number of pyridine rings is 1. The highest BCUT2D eigenvalue weighted by molar-refractivity contribution is 5.85. The highest BCUT2D eigenvalue weighted by atomic mass is 35.5. The Morgan fingerprint density at radius 1 is 1.36 bits per heavy atom. The fourth-order valence-corrected chi connectivity index (χ4v) is 0.958. The second-order valence-corrected chi connectivity index (χ2v) is 3.91. The van der Waals surface area contributed by atoms with Crippen LogP contribution in [0.2, 0.25) is 0 Å². The van der Waals surface area contributed by atoms with Crippen LogP contribution in [0, 0.1) is 0 Å². The molecule has 0 aliphatic carbocycles. The number of nitrogens with zero attached hydrogens (tertiary/aromatic N) is 1. The van der Waals surface area contributed by atoms with Gasteiger partial charge in [-0.05, 0) is 32.4 Å². The predicted molar refractivity (Wildman–Crippen MR) is 62.7 cm³/mol. The lowest BCUT2D eigenvalue weighted by atomic mass is 10.0. The average molecular weight is 215 g/mol. The van der Waals surface area contributed by atoms with E-state index in [1.54, 1.807) is 0 Å². The summed E-state index contributed by atoms with van der Waals surface area (Å²) in [7, 11) is 0. The van der Waals surface area contributed by atoms with Crippen LogP contribution >= 0.6 is 12.4 Å². The maximum absolute atomic E-state index is 4.25. The molecule has 0 amide bonds. The Kier molecular flexibility index (Phi) is 5.73. The van der Waals surface area contributed by atoms with Crippen molar-refractivity contribution in [3.8, 4) is 0 Å². The third kappa shape index (κ3) is 4.58. The van der Waals surface area contributed by atoms with Gasteiger partial charge in [-0.1, -0.05) is 13.0 Å². The first-order valence-electron chi connectivity index (χ1n) is 4.79. The van der Waals surface area contributed by atoms with Crippen LogP contribution in [0.25, 0.3) is 0 Å². The van der Waals surface area contributed by atoms with Gasteiger partial charge in [0, 0.05) is 18.3 Å². The molecule has 0 saturated heterocycles. The molecule has 0 aliphatic rings. The normalized spacial score (nSPS) is 10.8. The Bertz CT molecular complexity index is 247. The van der Waals surface area contributed by atoms with Crippen LogP contribution in [0.15, 0.2) is 24.4 Å². The second-order valence-electron chi connectivity index (χ2n) is 3.91. The van der Waals surface area contributed by atoms with Crippen LogP contribution in [-0.4, -0.2) is 10.5 Å². The molecule has 1 rings (SSSR count). The van der Waals surface area contributed by atoms with Crippen LogP contribution in [0.5, 0.6) is 0 Å². The number of hydrogen-bond donors (Lipinski definition) is 1. The van der Waals surface area contributed by atoms with Crippen molar-refractivity contribution >= 4 is 12.4 Å². The van der Waals surface area contributed by atoms with E-state index >= 15 is 0 Å². The Morgan fingerprint density at radius 3 is 2.57 bits per heavy atom. The molecule has 0 saturated carbocycles. The minimum Gasteiger partial charge on any atom is -0.306 e. The number of halogens is 1. The average Bonchev–Trinajstić information content (AvgIpc) is 2.17. The van der Waals surface area contributed by atoms with E-state index in [2.05, 4.69) is 31.1 Å². The van der Waals surface area contributed by atoms with Crippen LogP contribution < -0.4 is 5.32 Å². The quantitative estimate of drug-likeness (QED) is 0.834. The molecule has 1 aromatic rings. The number of aromatic nitrogens is 1.